The highest BCUT2D eigenvalue weighted by molar-refractivity contribution is 8.01. The van der Waals surface area contributed by atoms with Crippen LogP contribution in [0, 0.1) is 6.92 Å². The number of carbonyl (C=O) groups is 2. The third kappa shape index (κ3) is 6.52. The summed E-state index contributed by atoms with van der Waals surface area (Å²) in [5.74, 6) is -3.08. The number of anilines is 1. The molecule has 0 aliphatic carbocycles. The van der Waals surface area contributed by atoms with Crippen molar-refractivity contribution in [1.82, 2.24) is 4.98 Å². The molecule has 3 rings (SSSR count). The van der Waals surface area contributed by atoms with Crippen molar-refractivity contribution in [3.05, 3.63) is 53.0 Å². The van der Waals surface area contributed by atoms with Crippen molar-refractivity contribution >= 4 is 50.7 Å². The first-order chi connectivity index (χ1) is 16.2. The van der Waals surface area contributed by atoms with Crippen molar-refractivity contribution in [2.24, 2.45) is 0 Å². The molecule has 0 aliphatic heterocycles. The van der Waals surface area contributed by atoms with Gasteiger partial charge in [-0.15, -0.1) is 23.1 Å². The first kappa shape index (κ1) is 28.1. The number of aliphatic carboxylic acids is 1. The molecule has 188 valence electrons. The van der Waals surface area contributed by atoms with E-state index in [-0.39, 0.29) is 20.5 Å². The average Bonchev–Trinajstić information content (AvgIpc) is 3.24. The molecule has 0 atom stereocenters. The fraction of sp³-hybridized carbons (Fsp3) is 0.190. The molecule has 35 heavy (non-hydrogen) atoms. The zero-order valence-electron chi connectivity index (χ0n) is 18.4. The highest BCUT2D eigenvalue weighted by Crippen LogP contribution is 2.38. The number of carbonyl (C=O) groups excluding carboxylic acids is 1. The van der Waals surface area contributed by atoms with E-state index in [4.69, 9.17) is 20.4 Å². The van der Waals surface area contributed by atoms with E-state index < -0.39 is 28.0 Å². The Morgan fingerprint density at radius 3 is 2.29 bits per heavy atom. The summed E-state index contributed by atoms with van der Waals surface area (Å²) in [7, 11) is -2.64. The largest absolute Gasteiger partial charge is 0.490 e. The molecule has 0 spiro atoms. The van der Waals surface area contributed by atoms with Crippen LogP contribution in [0.2, 0.25) is 0 Å². The number of carboxylic acid groups (broad SMARTS) is 1. The van der Waals surface area contributed by atoms with Gasteiger partial charge in [-0.2, -0.15) is 13.2 Å². The van der Waals surface area contributed by atoms with Gasteiger partial charge in [0.2, 0.25) is 9.84 Å². The molecule has 0 saturated carbocycles. The summed E-state index contributed by atoms with van der Waals surface area (Å²) in [5, 5.41) is 7.12. The van der Waals surface area contributed by atoms with Crippen molar-refractivity contribution in [3.8, 4) is 11.1 Å². The van der Waals surface area contributed by atoms with Crippen molar-refractivity contribution in [1.29, 1.82) is 0 Å². The van der Waals surface area contributed by atoms with E-state index in [2.05, 4.69) is 4.98 Å². The number of nitrogens with two attached hydrogens (primary N) is 1. The Bertz CT molecular complexity index is 1350. The van der Waals surface area contributed by atoms with Crippen molar-refractivity contribution in [2.45, 2.75) is 27.1 Å². The molecule has 0 radical (unpaired) electrons. The van der Waals surface area contributed by atoms with Gasteiger partial charge in [0.1, 0.15) is 10.7 Å². The molecule has 2 aromatic heterocycles. The lowest BCUT2D eigenvalue weighted by atomic mass is 10.0. The summed E-state index contributed by atoms with van der Waals surface area (Å²) >= 11 is 2.34. The number of hydrogen-bond acceptors (Lipinski definition) is 9. The summed E-state index contributed by atoms with van der Waals surface area (Å²) in [6, 6.07) is 10.4. The number of benzene rings is 1. The number of thiophene rings is 1. The molecule has 14 heteroatoms. The number of carboxylic acids is 1. The van der Waals surface area contributed by atoms with Crippen LogP contribution in [-0.4, -0.2) is 50.0 Å². The first-order valence-corrected chi connectivity index (χ1v) is 12.9. The monoisotopic (exact) mass is 548 g/mol. The van der Waals surface area contributed by atoms with Crippen LogP contribution in [0.4, 0.5) is 19.0 Å². The second kappa shape index (κ2) is 11.1. The number of pyridine rings is 1. The predicted octanol–water partition coefficient (Wildman–Crippen LogP) is 4.68. The number of alkyl halides is 3. The van der Waals surface area contributed by atoms with E-state index in [1.807, 2.05) is 31.2 Å². The number of thioether (sulfide) groups is 1. The highest BCUT2D eigenvalue weighted by atomic mass is 32.2. The minimum atomic E-state index is -5.08. The fourth-order valence-electron chi connectivity index (χ4n) is 2.71. The number of nitrogens with zero attached hydrogens (tertiary/aromatic N) is 1. The molecular weight excluding hydrogens is 529 g/mol. The van der Waals surface area contributed by atoms with E-state index in [9.17, 15) is 26.4 Å². The van der Waals surface area contributed by atoms with Crippen LogP contribution in [0.25, 0.3) is 11.1 Å². The molecule has 0 unspecified atom stereocenters. The van der Waals surface area contributed by atoms with Crippen LogP contribution in [0.5, 0.6) is 0 Å². The van der Waals surface area contributed by atoms with Gasteiger partial charge in [0, 0.05) is 11.8 Å². The Morgan fingerprint density at radius 1 is 1.17 bits per heavy atom. The Hall–Kier alpha value is -3.10. The average molecular weight is 549 g/mol. The number of ether oxygens (including phenoxy) is 1. The lowest BCUT2D eigenvalue weighted by Crippen LogP contribution is -2.21. The molecule has 3 N–H and O–H groups in total. The second-order valence-corrected chi connectivity index (χ2v) is 10.7. The van der Waals surface area contributed by atoms with Gasteiger partial charge in [-0.05, 0) is 36.4 Å². The molecule has 0 bridgehead atoms. The lowest BCUT2D eigenvalue weighted by molar-refractivity contribution is -0.192. The van der Waals surface area contributed by atoms with Crippen molar-refractivity contribution in [2.75, 3.05) is 19.1 Å². The van der Waals surface area contributed by atoms with Gasteiger partial charge < -0.3 is 15.6 Å². The topological polar surface area (TPSA) is 137 Å². The lowest BCUT2D eigenvalue weighted by Gasteiger charge is -2.11. The summed E-state index contributed by atoms with van der Waals surface area (Å²) in [4.78, 5) is 25.1. The molecule has 0 saturated heterocycles. The molecule has 0 amide bonds. The van der Waals surface area contributed by atoms with Gasteiger partial charge in [0.15, 0.2) is 0 Å². The Morgan fingerprint density at radius 2 is 1.77 bits per heavy atom. The molecule has 0 aliphatic rings. The number of aromatic nitrogens is 1. The van der Waals surface area contributed by atoms with E-state index in [1.54, 1.807) is 6.26 Å². The number of halogens is 3. The third-order valence-corrected chi connectivity index (χ3v) is 8.66. The van der Waals surface area contributed by atoms with Gasteiger partial charge in [-0.25, -0.2) is 23.0 Å². The molecule has 2 heterocycles. The van der Waals surface area contributed by atoms with Gasteiger partial charge in [0.05, 0.1) is 21.1 Å². The zero-order chi connectivity index (χ0) is 26.6. The molecule has 1 aromatic carbocycles. The third-order valence-electron chi connectivity index (χ3n) is 4.41. The van der Waals surface area contributed by atoms with Gasteiger partial charge in [-0.3, -0.25) is 0 Å². The SMILES string of the molecule is COC(=O)c1cc(S(=O)(=O)c2cnc(N)c(-c3ccccc3C)c2)c(SC)s1.O=C(O)C(F)(F)F. The maximum absolute atomic E-state index is 13.3. The van der Waals surface area contributed by atoms with Crippen LogP contribution >= 0.6 is 23.1 Å². The molecule has 8 nitrogen and oxygen atoms in total. The van der Waals surface area contributed by atoms with Crippen LogP contribution in [-0.2, 0) is 19.4 Å². The highest BCUT2D eigenvalue weighted by Gasteiger charge is 2.38. The summed E-state index contributed by atoms with van der Waals surface area (Å²) in [6.45, 7) is 1.92. The molecule has 3 aromatic rings. The van der Waals surface area contributed by atoms with Crippen LogP contribution < -0.4 is 5.73 Å². The maximum atomic E-state index is 13.3. The fourth-order valence-corrected chi connectivity index (χ4v) is 6.59. The summed E-state index contributed by atoms with van der Waals surface area (Å²) < 4.78 is 63.5. The molecular formula is C21H19F3N2O6S3. The van der Waals surface area contributed by atoms with E-state index in [1.165, 1.54) is 37.2 Å². The van der Waals surface area contributed by atoms with Gasteiger partial charge in [0.25, 0.3) is 0 Å². The number of methoxy groups -OCH3 is 1. The number of esters is 1. The quantitative estimate of drug-likeness (QED) is 0.344. The van der Waals surface area contributed by atoms with Crippen LogP contribution in [0.1, 0.15) is 15.2 Å². The Kier molecular flexibility index (Phi) is 8.92. The van der Waals surface area contributed by atoms with Gasteiger partial charge in [-0.1, -0.05) is 24.3 Å². The normalized spacial score (nSPS) is 11.4. The minimum Gasteiger partial charge on any atom is -0.475 e. The smallest absolute Gasteiger partial charge is 0.475 e. The standard InChI is InChI=1S/C19H18N2O4S3.C2HF3O2/c1-11-6-4-5-7-13(11)14-8-12(10-21-17(14)20)28(23,24)16-9-15(18(22)25-2)27-19(16)26-3;3-2(4,5)1(6)7/h4-10H,1-3H3,(H2,20,21);(H,6,7). The minimum absolute atomic E-state index is 0.0180. The second-order valence-electron chi connectivity index (χ2n) is 6.68. The predicted molar refractivity (Wildman–Crippen MR) is 125 cm³/mol. The van der Waals surface area contributed by atoms with E-state index in [0.29, 0.717) is 9.77 Å². The maximum Gasteiger partial charge on any atom is 0.490 e. The summed E-state index contributed by atoms with van der Waals surface area (Å²) in [6.07, 6.45) is -2.09. The number of rotatable bonds is 5. The van der Waals surface area contributed by atoms with Gasteiger partial charge >= 0.3 is 18.1 Å². The number of aryl methyl sites for hydroxylation is 1. The zero-order valence-corrected chi connectivity index (χ0v) is 20.9. The Balaban J connectivity index is 0.000000540. The van der Waals surface area contributed by atoms with E-state index in [0.717, 1.165) is 22.5 Å². The van der Waals surface area contributed by atoms with E-state index >= 15 is 0 Å². The first-order valence-electron chi connectivity index (χ1n) is 9.36. The van der Waals surface area contributed by atoms with Crippen molar-refractivity contribution < 1.29 is 41.0 Å². The van der Waals surface area contributed by atoms with Crippen LogP contribution in [0.3, 0.4) is 0 Å². The van der Waals surface area contributed by atoms with Crippen molar-refractivity contribution in [3.63, 3.8) is 0 Å². The summed E-state index contributed by atoms with van der Waals surface area (Å²) in [5.41, 5.74) is 8.34. The Labute approximate surface area is 206 Å². The molecule has 0 fully saturated rings. The number of hydrogen-bond donors (Lipinski definition) is 2. The van der Waals surface area contributed by atoms with Crippen LogP contribution in [0.15, 0.2) is 56.6 Å². The number of nitrogen functional groups attached to an aromatic ring is 1. The number of sulfone groups is 1.